The third kappa shape index (κ3) is 3.74. The number of aliphatic hydroxyl groups is 1. The molecule has 2 atom stereocenters. The second kappa shape index (κ2) is 3.55. The van der Waals surface area contributed by atoms with Crippen LogP contribution in [-0.2, 0) is 4.79 Å². The first kappa shape index (κ1) is 7.56. The van der Waals surface area contributed by atoms with Crippen molar-refractivity contribution < 1.29 is 14.3 Å². The molecule has 0 heterocycles. The fourth-order valence-corrected chi connectivity index (χ4v) is 0.381. The Morgan fingerprint density at radius 1 is 1.88 bits per heavy atom. The summed E-state index contributed by atoms with van der Waals surface area (Å²) in [7, 11) is 0. The molecule has 0 aliphatic carbocycles. The highest BCUT2D eigenvalue weighted by molar-refractivity contribution is 5.55. The lowest BCUT2D eigenvalue weighted by Gasteiger charge is -2.00. The Morgan fingerprint density at radius 3 is 2.50 bits per heavy atom. The third-order valence-corrected chi connectivity index (χ3v) is 0.714. The van der Waals surface area contributed by atoms with Crippen LogP contribution in [-0.4, -0.2) is 23.7 Å². The number of carbonyl (C=O) groups is 1. The summed E-state index contributed by atoms with van der Waals surface area (Å²) in [4.78, 5) is 9.55. The Hall–Kier alpha value is -0.440. The van der Waals surface area contributed by atoms with Crippen LogP contribution < -0.4 is 0 Å². The van der Waals surface area contributed by atoms with E-state index < -0.39 is 12.3 Å². The van der Waals surface area contributed by atoms with Crippen LogP contribution >= 0.6 is 0 Å². The van der Waals surface area contributed by atoms with Gasteiger partial charge in [-0.1, -0.05) is 0 Å². The average Bonchev–Trinajstić information content (AvgIpc) is 1.65. The smallest absolute Gasteiger partial charge is 0.158 e. The van der Waals surface area contributed by atoms with Gasteiger partial charge < -0.3 is 9.90 Å². The first-order valence-electron chi connectivity index (χ1n) is 2.44. The van der Waals surface area contributed by atoms with Crippen molar-refractivity contribution in [3.63, 3.8) is 0 Å². The number of aldehydes is 1. The van der Waals surface area contributed by atoms with Crippen molar-refractivity contribution in [2.45, 2.75) is 25.6 Å². The summed E-state index contributed by atoms with van der Waals surface area (Å²) in [5, 5.41) is 8.46. The fraction of sp³-hybridized carbons (Fsp3) is 0.800. The van der Waals surface area contributed by atoms with Crippen LogP contribution in [0.25, 0.3) is 0 Å². The van der Waals surface area contributed by atoms with Gasteiger partial charge in [-0.25, -0.2) is 4.39 Å². The molecule has 0 saturated carbocycles. The first-order chi connectivity index (χ1) is 3.66. The minimum absolute atomic E-state index is 0.0938. The molecule has 0 bridgehead atoms. The van der Waals surface area contributed by atoms with E-state index in [9.17, 15) is 9.18 Å². The van der Waals surface area contributed by atoms with Crippen LogP contribution in [0.3, 0.4) is 0 Å². The van der Waals surface area contributed by atoms with Gasteiger partial charge in [0, 0.05) is 6.42 Å². The molecule has 0 fully saturated rings. The standard InChI is InChI=1S/C5H9FO2/c1-4(8)2-5(6)3-7/h3-5,8H,2H2,1H3. The molecule has 2 unspecified atom stereocenters. The van der Waals surface area contributed by atoms with Gasteiger partial charge in [-0.15, -0.1) is 0 Å². The van der Waals surface area contributed by atoms with Gasteiger partial charge in [0.1, 0.15) is 0 Å². The van der Waals surface area contributed by atoms with E-state index in [-0.39, 0.29) is 12.7 Å². The van der Waals surface area contributed by atoms with E-state index in [2.05, 4.69) is 0 Å². The van der Waals surface area contributed by atoms with Crippen molar-refractivity contribution in [3.05, 3.63) is 0 Å². The topological polar surface area (TPSA) is 37.3 Å². The SMILES string of the molecule is CC(O)CC(F)C=O. The molecule has 0 saturated heterocycles. The maximum Gasteiger partial charge on any atom is 0.158 e. The van der Waals surface area contributed by atoms with Gasteiger partial charge in [-0.05, 0) is 6.92 Å². The molecular weight excluding hydrogens is 111 g/mol. The second-order valence-corrected chi connectivity index (χ2v) is 1.74. The quantitative estimate of drug-likeness (QED) is 0.544. The maximum atomic E-state index is 11.9. The Balaban J connectivity index is 3.23. The molecule has 0 radical (unpaired) electrons. The van der Waals surface area contributed by atoms with Gasteiger partial charge in [0.05, 0.1) is 6.10 Å². The maximum absolute atomic E-state index is 11.9. The summed E-state index contributed by atoms with van der Waals surface area (Å²) < 4.78 is 11.9. The molecule has 0 aliphatic heterocycles. The lowest BCUT2D eigenvalue weighted by Crippen LogP contribution is -2.11. The van der Waals surface area contributed by atoms with Crippen molar-refractivity contribution >= 4 is 6.29 Å². The Morgan fingerprint density at radius 2 is 2.38 bits per heavy atom. The fourth-order valence-electron chi connectivity index (χ4n) is 0.381. The van der Waals surface area contributed by atoms with Crippen molar-refractivity contribution in [2.75, 3.05) is 0 Å². The summed E-state index contributed by atoms with van der Waals surface area (Å²) in [6, 6.07) is 0. The van der Waals surface area contributed by atoms with Crippen LogP contribution in [0.15, 0.2) is 0 Å². The molecule has 0 spiro atoms. The zero-order chi connectivity index (χ0) is 6.57. The number of carbonyl (C=O) groups excluding carboxylic acids is 1. The number of aliphatic hydroxyl groups excluding tert-OH is 1. The highest BCUT2D eigenvalue weighted by atomic mass is 19.1. The van der Waals surface area contributed by atoms with E-state index >= 15 is 0 Å². The van der Waals surface area contributed by atoms with E-state index in [1.54, 1.807) is 0 Å². The van der Waals surface area contributed by atoms with Gasteiger partial charge in [-0.2, -0.15) is 0 Å². The molecule has 8 heavy (non-hydrogen) atoms. The molecule has 0 aromatic heterocycles. The van der Waals surface area contributed by atoms with Crippen LogP contribution in [0.2, 0.25) is 0 Å². The lowest BCUT2D eigenvalue weighted by atomic mass is 10.2. The van der Waals surface area contributed by atoms with Crippen LogP contribution in [0.4, 0.5) is 4.39 Å². The Bertz CT molecular complexity index is 72.8. The van der Waals surface area contributed by atoms with Crippen LogP contribution in [0.1, 0.15) is 13.3 Å². The van der Waals surface area contributed by atoms with Gasteiger partial charge >= 0.3 is 0 Å². The molecule has 0 rings (SSSR count). The third-order valence-electron chi connectivity index (χ3n) is 0.714. The molecule has 0 aromatic rings. The summed E-state index contributed by atoms with van der Waals surface area (Å²) >= 11 is 0. The molecule has 0 amide bonds. The van der Waals surface area contributed by atoms with E-state index in [0.717, 1.165) is 0 Å². The molecule has 0 aromatic carbocycles. The predicted octanol–water partition coefficient (Wildman–Crippen LogP) is 0.294. The molecule has 1 N–H and O–H groups in total. The summed E-state index contributed by atoms with van der Waals surface area (Å²) in [5.74, 6) is 0. The Kier molecular flexibility index (Phi) is 3.35. The minimum atomic E-state index is -1.50. The van der Waals surface area contributed by atoms with Crippen molar-refractivity contribution in [3.8, 4) is 0 Å². The summed E-state index contributed by atoms with van der Waals surface area (Å²) in [6.07, 6.45) is -2.14. The number of halogens is 1. The van der Waals surface area contributed by atoms with Crippen LogP contribution in [0.5, 0.6) is 0 Å². The normalized spacial score (nSPS) is 17.4. The van der Waals surface area contributed by atoms with E-state index in [0.29, 0.717) is 0 Å². The highest BCUT2D eigenvalue weighted by Crippen LogP contribution is 1.97. The molecule has 2 nitrogen and oxygen atoms in total. The number of hydrogen-bond donors (Lipinski definition) is 1. The number of hydrogen-bond acceptors (Lipinski definition) is 2. The summed E-state index contributed by atoms with van der Waals surface area (Å²) in [6.45, 7) is 1.44. The second-order valence-electron chi connectivity index (χ2n) is 1.74. The van der Waals surface area contributed by atoms with E-state index in [1.807, 2.05) is 0 Å². The Labute approximate surface area is 47.3 Å². The lowest BCUT2D eigenvalue weighted by molar-refractivity contribution is -0.112. The minimum Gasteiger partial charge on any atom is -0.393 e. The van der Waals surface area contributed by atoms with E-state index in [4.69, 9.17) is 5.11 Å². The van der Waals surface area contributed by atoms with Gasteiger partial charge in [0.2, 0.25) is 0 Å². The summed E-state index contributed by atoms with van der Waals surface area (Å²) in [5.41, 5.74) is 0. The van der Waals surface area contributed by atoms with Gasteiger partial charge in [-0.3, -0.25) is 0 Å². The number of alkyl halides is 1. The molecular formula is C5H9FO2. The van der Waals surface area contributed by atoms with Gasteiger partial charge in [0.25, 0.3) is 0 Å². The van der Waals surface area contributed by atoms with Crippen LogP contribution in [0, 0.1) is 0 Å². The zero-order valence-electron chi connectivity index (χ0n) is 4.67. The number of rotatable bonds is 3. The predicted molar refractivity (Wildman–Crippen MR) is 27.3 cm³/mol. The van der Waals surface area contributed by atoms with Crippen molar-refractivity contribution in [1.29, 1.82) is 0 Å². The molecule has 48 valence electrons. The van der Waals surface area contributed by atoms with Crippen molar-refractivity contribution in [1.82, 2.24) is 0 Å². The average molecular weight is 120 g/mol. The highest BCUT2D eigenvalue weighted by Gasteiger charge is 2.06. The monoisotopic (exact) mass is 120 g/mol. The van der Waals surface area contributed by atoms with Gasteiger partial charge in [0.15, 0.2) is 12.5 Å². The first-order valence-corrected chi connectivity index (χ1v) is 2.44. The largest absolute Gasteiger partial charge is 0.393 e. The molecule has 3 heteroatoms. The van der Waals surface area contributed by atoms with E-state index in [1.165, 1.54) is 6.92 Å². The molecule has 0 aliphatic rings. The zero-order valence-corrected chi connectivity index (χ0v) is 4.67. The van der Waals surface area contributed by atoms with Crippen molar-refractivity contribution in [2.24, 2.45) is 0 Å².